The Kier molecular flexibility index (Phi) is 4.42. The number of hydrogen-bond donors (Lipinski definition) is 0. The smallest absolute Gasteiger partial charge is 0.290 e. The summed E-state index contributed by atoms with van der Waals surface area (Å²) in [6.45, 7) is 3.30. The van der Waals surface area contributed by atoms with Crippen LogP contribution >= 0.6 is 0 Å². The minimum atomic E-state index is -0.0738. The van der Waals surface area contributed by atoms with Gasteiger partial charge < -0.3 is 19.1 Å². The molecule has 0 atom stereocenters. The molecule has 0 unspecified atom stereocenters. The predicted molar refractivity (Wildman–Crippen MR) is 92.6 cm³/mol. The number of ether oxygens (including phenoxy) is 1. The van der Waals surface area contributed by atoms with E-state index in [1.807, 2.05) is 11.6 Å². The van der Waals surface area contributed by atoms with Gasteiger partial charge in [0.25, 0.3) is 11.8 Å². The van der Waals surface area contributed by atoms with Gasteiger partial charge in [-0.3, -0.25) is 14.6 Å². The molecule has 4 heterocycles. The topological polar surface area (TPSA) is 80.6 Å². The summed E-state index contributed by atoms with van der Waals surface area (Å²) in [5.74, 6) is 0.304. The summed E-state index contributed by atoms with van der Waals surface area (Å²) < 4.78 is 7.18. The van der Waals surface area contributed by atoms with Crippen LogP contribution in [0, 0.1) is 0 Å². The Balaban J connectivity index is 1.55. The van der Waals surface area contributed by atoms with E-state index in [1.54, 1.807) is 34.3 Å². The van der Waals surface area contributed by atoms with Crippen LogP contribution in [0.1, 0.15) is 32.4 Å². The molecule has 2 aromatic heterocycles. The average molecular weight is 355 g/mol. The van der Waals surface area contributed by atoms with Crippen LogP contribution in [0.25, 0.3) is 0 Å². The van der Waals surface area contributed by atoms with E-state index in [1.165, 1.54) is 0 Å². The Hall–Kier alpha value is -2.74. The maximum Gasteiger partial charge on any atom is 0.290 e. The zero-order valence-electron chi connectivity index (χ0n) is 14.7. The molecule has 0 radical (unpaired) electrons. The Morgan fingerprint density at radius 2 is 1.92 bits per heavy atom. The first-order valence-electron chi connectivity index (χ1n) is 8.76. The molecule has 1 saturated heterocycles. The third kappa shape index (κ3) is 2.96. The lowest BCUT2D eigenvalue weighted by atomic mass is 10.1. The summed E-state index contributed by atoms with van der Waals surface area (Å²) in [7, 11) is 1.87. The van der Waals surface area contributed by atoms with E-state index in [0.29, 0.717) is 57.2 Å². The zero-order valence-corrected chi connectivity index (χ0v) is 14.7. The van der Waals surface area contributed by atoms with Gasteiger partial charge in [-0.15, -0.1) is 0 Å². The van der Waals surface area contributed by atoms with Crippen LogP contribution in [-0.2, 0) is 24.8 Å². The summed E-state index contributed by atoms with van der Waals surface area (Å²) >= 11 is 0. The number of carbonyl (C=O) groups excluding carboxylic acids is 2. The average Bonchev–Trinajstić information content (AvgIpc) is 3.04. The standard InChI is InChI=1S/C18H21N5O3/c1-21-15-4-6-23(17(24)13-3-2-5-19-11-13)12-14(15)20-16(21)18(25)22-7-9-26-10-8-22/h2-3,5,11H,4,6-10,12H2,1H3. The molecule has 4 rings (SSSR count). The number of morpholine rings is 1. The monoisotopic (exact) mass is 355 g/mol. The van der Waals surface area contributed by atoms with Crippen LogP contribution in [0.4, 0.5) is 0 Å². The van der Waals surface area contributed by atoms with E-state index >= 15 is 0 Å². The minimum Gasteiger partial charge on any atom is -0.378 e. The molecule has 0 N–H and O–H groups in total. The lowest BCUT2D eigenvalue weighted by Gasteiger charge is -2.27. The highest BCUT2D eigenvalue weighted by Crippen LogP contribution is 2.22. The lowest BCUT2D eigenvalue weighted by Crippen LogP contribution is -2.41. The second-order valence-corrected chi connectivity index (χ2v) is 6.51. The van der Waals surface area contributed by atoms with Crippen molar-refractivity contribution in [2.45, 2.75) is 13.0 Å². The van der Waals surface area contributed by atoms with Crippen LogP contribution in [0.2, 0.25) is 0 Å². The summed E-state index contributed by atoms with van der Waals surface area (Å²) in [5.41, 5.74) is 2.39. The third-order valence-corrected chi connectivity index (χ3v) is 4.94. The molecule has 1 fully saturated rings. The Morgan fingerprint density at radius 1 is 1.12 bits per heavy atom. The number of pyridine rings is 1. The second kappa shape index (κ2) is 6.87. The molecule has 0 bridgehead atoms. The van der Waals surface area contributed by atoms with Gasteiger partial charge in [0.2, 0.25) is 0 Å². The number of imidazole rings is 1. The third-order valence-electron chi connectivity index (χ3n) is 4.94. The number of nitrogens with zero attached hydrogens (tertiary/aromatic N) is 5. The molecule has 8 nitrogen and oxygen atoms in total. The van der Waals surface area contributed by atoms with E-state index in [9.17, 15) is 9.59 Å². The lowest BCUT2D eigenvalue weighted by molar-refractivity contribution is 0.0292. The zero-order chi connectivity index (χ0) is 18.1. The quantitative estimate of drug-likeness (QED) is 0.783. The van der Waals surface area contributed by atoms with Gasteiger partial charge in [0, 0.05) is 51.2 Å². The van der Waals surface area contributed by atoms with E-state index < -0.39 is 0 Å². The normalized spacial score (nSPS) is 17.1. The summed E-state index contributed by atoms with van der Waals surface area (Å²) in [6.07, 6.45) is 3.90. The molecule has 2 amide bonds. The molecule has 0 saturated carbocycles. The van der Waals surface area contributed by atoms with E-state index in [4.69, 9.17) is 4.74 Å². The van der Waals surface area contributed by atoms with Gasteiger partial charge in [0.15, 0.2) is 5.82 Å². The molecule has 0 spiro atoms. The van der Waals surface area contributed by atoms with E-state index in [2.05, 4.69) is 9.97 Å². The van der Waals surface area contributed by atoms with Gasteiger partial charge in [-0.25, -0.2) is 4.98 Å². The first-order chi connectivity index (χ1) is 12.6. The van der Waals surface area contributed by atoms with Crippen molar-refractivity contribution in [3.05, 3.63) is 47.3 Å². The largest absolute Gasteiger partial charge is 0.378 e. The number of aromatic nitrogens is 3. The van der Waals surface area contributed by atoms with Gasteiger partial charge in [0.05, 0.1) is 31.0 Å². The van der Waals surface area contributed by atoms with Crippen LogP contribution in [0.3, 0.4) is 0 Å². The van der Waals surface area contributed by atoms with Crippen LogP contribution in [0.5, 0.6) is 0 Å². The molecule has 2 aliphatic heterocycles. The maximum absolute atomic E-state index is 12.8. The Bertz CT molecular complexity index is 827. The van der Waals surface area contributed by atoms with Crippen molar-refractivity contribution < 1.29 is 14.3 Å². The molecule has 2 aliphatic rings. The molecule has 0 aromatic carbocycles. The van der Waals surface area contributed by atoms with E-state index in [0.717, 1.165) is 11.4 Å². The maximum atomic E-state index is 12.8. The number of amides is 2. The Labute approximate surface area is 151 Å². The van der Waals surface area contributed by atoms with Crippen molar-refractivity contribution in [1.82, 2.24) is 24.3 Å². The summed E-state index contributed by atoms with van der Waals surface area (Å²) in [6, 6.07) is 3.51. The first kappa shape index (κ1) is 16.7. The second-order valence-electron chi connectivity index (χ2n) is 6.51. The highest BCUT2D eigenvalue weighted by molar-refractivity contribution is 5.94. The fourth-order valence-electron chi connectivity index (χ4n) is 3.47. The fourth-order valence-corrected chi connectivity index (χ4v) is 3.47. The molecule has 26 heavy (non-hydrogen) atoms. The number of carbonyl (C=O) groups is 2. The minimum absolute atomic E-state index is 0.0598. The van der Waals surface area contributed by atoms with E-state index in [-0.39, 0.29) is 11.8 Å². The summed E-state index contributed by atoms with van der Waals surface area (Å²) in [4.78, 5) is 37.5. The molecular formula is C18H21N5O3. The number of fused-ring (bicyclic) bond motifs is 1. The first-order valence-corrected chi connectivity index (χ1v) is 8.76. The molecule has 2 aromatic rings. The van der Waals surface area contributed by atoms with Crippen molar-refractivity contribution in [2.75, 3.05) is 32.8 Å². The number of hydrogen-bond acceptors (Lipinski definition) is 5. The van der Waals surface area contributed by atoms with Crippen molar-refractivity contribution in [3.8, 4) is 0 Å². The van der Waals surface area contributed by atoms with Crippen LogP contribution in [0.15, 0.2) is 24.5 Å². The van der Waals surface area contributed by atoms with Gasteiger partial charge in [-0.2, -0.15) is 0 Å². The SMILES string of the molecule is Cn1c(C(=O)N2CCOCC2)nc2c1CCN(C(=O)c1cccnc1)C2. The van der Waals surface area contributed by atoms with Crippen LogP contribution < -0.4 is 0 Å². The highest BCUT2D eigenvalue weighted by atomic mass is 16.5. The van der Waals surface area contributed by atoms with Crippen LogP contribution in [-0.4, -0.2) is 69.0 Å². The van der Waals surface area contributed by atoms with Crippen molar-refractivity contribution in [1.29, 1.82) is 0 Å². The highest BCUT2D eigenvalue weighted by Gasteiger charge is 2.30. The van der Waals surface area contributed by atoms with Gasteiger partial charge in [0.1, 0.15) is 0 Å². The molecule has 8 heteroatoms. The molecule has 136 valence electrons. The molecular weight excluding hydrogens is 334 g/mol. The Morgan fingerprint density at radius 3 is 2.65 bits per heavy atom. The molecule has 0 aliphatic carbocycles. The van der Waals surface area contributed by atoms with Crippen molar-refractivity contribution in [2.24, 2.45) is 7.05 Å². The predicted octanol–water partition coefficient (Wildman–Crippen LogP) is 0.486. The van der Waals surface area contributed by atoms with Crippen molar-refractivity contribution in [3.63, 3.8) is 0 Å². The fraction of sp³-hybridized carbons (Fsp3) is 0.444. The van der Waals surface area contributed by atoms with Gasteiger partial charge in [-0.05, 0) is 12.1 Å². The van der Waals surface area contributed by atoms with Gasteiger partial charge >= 0.3 is 0 Å². The number of rotatable bonds is 2. The summed E-state index contributed by atoms with van der Waals surface area (Å²) in [5, 5.41) is 0. The van der Waals surface area contributed by atoms with Gasteiger partial charge in [-0.1, -0.05) is 0 Å². The van der Waals surface area contributed by atoms with Crippen molar-refractivity contribution >= 4 is 11.8 Å².